The second-order valence-electron chi connectivity index (χ2n) is 6.59. The number of rotatable bonds is 8. The number of aromatic nitrogens is 1. The van der Waals surface area contributed by atoms with Crippen molar-refractivity contribution in [3.8, 4) is 0 Å². The lowest BCUT2D eigenvalue weighted by molar-refractivity contribution is -0.121. The van der Waals surface area contributed by atoms with Gasteiger partial charge in [-0.25, -0.2) is 4.39 Å². The maximum absolute atomic E-state index is 13.9. The van der Waals surface area contributed by atoms with Crippen LogP contribution < -0.4 is 5.32 Å². The quantitative estimate of drug-likeness (QED) is 0.587. The summed E-state index contributed by atoms with van der Waals surface area (Å²) in [6, 6.07) is 12.7. The van der Waals surface area contributed by atoms with Crippen molar-refractivity contribution < 1.29 is 13.9 Å². The Labute approximate surface area is 158 Å². The molecule has 0 bridgehead atoms. The second-order valence-corrected chi connectivity index (χ2v) is 6.59. The number of carbonyl (C=O) groups excluding carboxylic acids is 1. The molecule has 0 radical (unpaired) electrons. The maximum Gasteiger partial charge on any atom is 0.221 e. The molecule has 5 heteroatoms. The number of benzene rings is 2. The fourth-order valence-corrected chi connectivity index (χ4v) is 3.50. The summed E-state index contributed by atoms with van der Waals surface area (Å²) in [6.45, 7) is 3.03. The molecule has 0 saturated carbocycles. The van der Waals surface area contributed by atoms with Gasteiger partial charge in [-0.3, -0.25) is 4.79 Å². The van der Waals surface area contributed by atoms with Crippen molar-refractivity contribution in [1.29, 1.82) is 0 Å². The predicted molar refractivity (Wildman–Crippen MR) is 105 cm³/mol. The first-order valence-electron chi connectivity index (χ1n) is 9.24. The van der Waals surface area contributed by atoms with Gasteiger partial charge in [0.1, 0.15) is 5.82 Å². The monoisotopic (exact) mass is 368 g/mol. The summed E-state index contributed by atoms with van der Waals surface area (Å²) < 4.78 is 18.8. The van der Waals surface area contributed by atoms with Crippen molar-refractivity contribution in [2.24, 2.45) is 0 Å². The standard InChI is InChI=1S/C22H25FN2O2/c1-3-15-6-5-9-18-20(14-25-22(15)18)19(13-21(26)24-10-11-27-2)16-7-4-8-17(23)12-16/h4-9,12,14,19,25H,3,10-11,13H2,1-2H3,(H,24,26)/t19-/m1/s1. The topological polar surface area (TPSA) is 54.1 Å². The third kappa shape index (κ3) is 4.37. The van der Waals surface area contributed by atoms with E-state index < -0.39 is 0 Å². The van der Waals surface area contributed by atoms with Crippen LogP contribution in [-0.2, 0) is 16.0 Å². The number of carbonyl (C=O) groups is 1. The van der Waals surface area contributed by atoms with E-state index in [0.29, 0.717) is 13.2 Å². The number of halogens is 1. The molecule has 1 atom stereocenters. The number of aromatic amines is 1. The van der Waals surface area contributed by atoms with Crippen LogP contribution in [0.4, 0.5) is 4.39 Å². The zero-order chi connectivity index (χ0) is 19.2. The molecule has 2 aromatic carbocycles. The molecular formula is C22H25FN2O2. The molecule has 0 aliphatic rings. The second kappa shape index (κ2) is 8.82. The number of H-pyrrole nitrogens is 1. The molecule has 0 spiro atoms. The Bertz CT molecular complexity index is 920. The summed E-state index contributed by atoms with van der Waals surface area (Å²) >= 11 is 0. The van der Waals surface area contributed by atoms with Crippen molar-refractivity contribution >= 4 is 16.8 Å². The van der Waals surface area contributed by atoms with Gasteiger partial charge in [0.05, 0.1) is 6.61 Å². The van der Waals surface area contributed by atoms with Crippen LogP contribution in [0.2, 0.25) is 0 Å². The number of aryl methyl sites for hydroxylation is 1. The first-order valence-corrected chi connectivity index (χ1v) is 9.24. The lowest BCUT2D eigenvalue weighted by Crippen LogP contribution is -2.28. The van der Waals surface area contributed by atoms with E-state index in [1.54, 1.807) is 13.2 Å². The lowest BCUT2D eigenvalue weighted by Gasteiger charge is -2.17. The van der Waals surface area contributed by atoms with Crippen LogP contribution in [0, 0.1) is 5.82 Å². The Morgan fingerprint density at radius 1 is 1.26 bits per heavy atom. The third-order valence-electron chi connectivity index (χ3n) is 4.86. The molecule has 0 aliphatic heterocycles. The molecule has 1 amide bonds. The summed E-state index contributed by atoms with van der Waals surface area (Å²) in [4.78, 5) is 15.8. The molecule has 0 unspecified atom stereocenters. The van der Waals surface area contributed by atoms with Gasteiger partial charge in [0.25, 0.3) is 0 Å². The van der Waals surface area contributed by atoms with Gasteiger partial charge in [-0.15, -0.1) is 0 Å². The van der Waals surface area contributed by atoms with E-state index in [-0.39, 0.29) is 24.1 Å². The maximum atomic E-state index is 13.9. The Kier molecular flexibility index (Phi) is 6.24. The van der Waals surface area contributed by atoms with Crippen LogP contribution in [0.25, 0.3) is 10.9 Å². The summed E-state index contributed by atoms with van der Waals surface area (Å²) in [7, 11) is 1.60. The van der Waals surface area contributed by atoms with Crippen molar-refractivity contribution in [2.45, 2.75) is 25.7 Å². The van der Waals surface area contributed by atoms with Gasteiger partial charge < -0.3 is 15.0 Å². The lowest BCUT2D eigenvalue weighted by atomic mass is 9.87. The minimum absolute atomic E-state index is 0.0812. The van der Waals surface area contributed by atoms with Gasteiger partial charge in [-0.2, -0.15) is 0 Å². The van der Waals surface area contributed by atoms with E-state index in [4.69, 9.17) is 4.74 Å². The van der Waals surface area contributed by atoms with Gasteiger partial charge in [0, 0.05) is 43.1 Å². The molecule has 3 rings (SSSR count). The minimum atomic E-state index is -0.300. The van der Waals surface area contributed by atoms with Crippen LogP contribution in [0.15, 0.2) is 48.7 Å². The molecule has 1 aromatic heterocycles. The molecular weight excluding hydrogens is 343 g/mol. The Balaban J connectivity index is 1.98. The Hall–Kier alpha value is -2.66. The SMILES string of the molecule is CCc1cccc2c([C@H](CC(=O)NCCOC)c3cccc(F)c3)c[nH]c12. The predicted octanol–water partition coefficient (Wildman–Crippen LogP) is 4.15. The van der Waals surface area contributed by atoms with E-state index in [0.717, 1.165) is 28.5 Å². The highest BCUT2D eigenvalue weighted by Gasteiger charge is 2.22. The highest BCUT2D eigenvalue weighted by Crippen LogP contribution is 2.34. The number of amides is 1. The molecule has 4 nitrogen and oxygen atoms in total. The molecule has 27 heavy (non-hydrogen) atoms. The van der Waals surface area contributed by atoms with E-state index >= 15 is 0 Å². The molecule has 0 aliphatic carbocycles. The highest BCUT2D eigenvalue weighted by atomic mass is 19.1. The van der Waals surface area contributed by atoms with Crippen LogP contribution in [0.1, 0.15) is 36.0 Å². The fourth-order valence-electron chi connectivity index (χ4n) is 3.50. The van der Waals surface area contributed by atoms with Gasteiger partial charge in [0.2, 0.25) is 5.91 Å². The van der Waals surface area contributed by atoms with Crippen LogP contribution in [0.5, 0.6) is 0 Å². The summed E-state index contributed by atoms with van der Waals surface area (Å²) in [5.74, 6) is -0.613. The van der Waals surface area contributed by atoms with Gasteiger partial charge in [-0.1, -0.05) is 37.3 Å². The van der Waals surface area contributed by atoms with Gasteiger partial charge in [-0.05, 0) is 35.2 Å². The third-order valence-corrected chi connectivity index (χ3v) is 4.86. The molecule has 1 heterocycles. The van der Waals surface area contributed by atoms with Crippen molar-refractivity contribution in [1.82, 2.24) is 10.3 Å². The number of ether oxygens (including phenoxy) is 1. The molecule has 3 aromatic rings. The smallest absolute Gasteiger partial charge is 0.221 e. The van der Waals surface area contributed by atoms with Gasteiger partial charge in [0.15, 0.2) is 0 Å². The number of methoxy groups -OCH3 is 1. The van der Waals surface area contributed by atoms with E-state index in [2.05, 4.69) is 29.4 Å². The fraction of sp³-hybridized carbons (Fsp3) is 0.318. The number of para-hydroxylation sites is 1. The largest absolute Gasteiger partial charge is 0.383 e. The average Bonchev–Trinajstić information content (AvgIpc) is 3.10. The first-order chi connectivity index (χ1) is 13.1. The van der Waals surface area contributed by atoms with E-state index in [9.17, 15) is 9.18 Å². The Morgan fingerprint density at radius 2 is 2.07 bits per heavy atom. The number of hydrogen-bond acceptors (Lipinski definition) is 2. The van der Waals surface area contributed by atoms with Gasteiger partial charge >= 0.3 is 0 Å². The average molecular weight is 368 g/mol. The zero-order valence-corrected chi connectivity index (χ0v) is 15.7. The Morgan fingerprint density at radius 3 is 2.81 bits per heavy atom. The zero-order valence-electron chi connectivity index (χ0n) is 15.7. The van der Waals surface area contributed by atoms with Crippen molar-refractivity contribution in [3.63, 3.8) is 0 Å². The van der Waals surface area contributed by atoms with E-state index in [1.807, 2.05) is 18.3 Å². The van der Waals surface area contributed by atoms with Crippen molar-refractivity contribution in [3.05, 3.63) is 71.2 Å². The molecule has 2 N–H and O–H groups in total. The van der Waals surface area contributed by atoms with Crippen molar-refractivity contribution in [2.75, 3.05) is 20.3 Å². The van der Waals surface area contributed by atoms with E-state index in [1.165, 1.54) is 17.7 Å². The van der Waals surface area contributed by atoms with Crippen LogP contribution in [0.3, 0.4) is 0 Å². The molecule has 0 saturated heterocycles. The number of nitrogens with one attached hydrogen (secondary N) is 2. The first kappa shape index (κ1) is 19.1. The minimum Gasteiger partial charge on any atom is -0.383 e. The normalized spacial score (nSPS) is 12.3. The summed E-state index contributed by atoms with van der Waals surface area (Å²) in [5.41, 5.74) is 4.10. The summed E-state index contributed by atoms with van der Waals surface area (Å²) in [6.07, 6.45) is 3.11. The van der Waals surface area contributed by atoms with Crippen LogP contribution >= 0.6 is 0 Å². The number of fused-ring (bicyclic) bond motifs is 1. The molecule has 142 valence electrons. The highest BCUT2D eigenvalue weighted by molar-refractivity contribution is 5.88. The number of hydrogen-bond donors (Lipinski definition) is 2. The van der Waals surface area contributed by atoms with Crippen LogP contribution in [-0.4, -0.2) is 31.2 Å². The molecule has 0 fully saturated rings. The summed E-state index contributed by atoms with van der Waals surface area (Å²) in [5, 5.41) is 3.94.